The van der Waals surface area contributed by atoms with Crippen LogP contribution >= 0.6 is 0 Å². The Morgan fingerprint density at radius 1 is 1.06 bits per heavy atom. The summed E-state index contributed by atoms with van der Waals surface area (Å²) in [5.41, 5.74) is 0. The summed E-state index contributed by atoms with van der Waals surface area (Å²) < 4.78 is 5.56. The molecule has 0 fully saturated rings. The molecule has 0 aliphatic heterocycles. The molecule has 0 aromatic rings. The highest BCUT2D eigenvalue weighted by Gasteiger charge is 1.94. The largest absolute Gasteiger partial charge is 0.381 e. The lowest BCUT2D eigenvalue weighted by molar-refractivity contribution is 0.122. The monoisotopic (exact) mass is 230 g/mol. The Hall–Kier alpha value is -0.120. The van der Waals surface area contributed by atoms with E-state index in [2.05, 4.69) is 38.2 Å². The second-order valence-corrected chi connectivity index (χ2v) is 5.07. The number of hydrogen-bond acceptors (Lipinski definition) is 3. The minimum atomic E-state index is 0.752. The molecular formula is C13H30N2O. The van der Waals surface area contributed by atoms with Gasteiger partial charge >= 0.3 is 0 Å². The molecule has 3 nitrogen and oxygen atoms in total. The average Bonchev–Trinajstić information content (AvgIpc) is 2.20. The summed E-state index contributed by atoms with van der Waals surface area (Å²) in [4.78, 5) is 2.19. The van der Waals surface area contributed by atoms with Crippen molar-refractivity contribution in [1.29, 1.82) is 0 Å². The molecule has 0 amide bonds. The zero-order valence-corrected chi connectivity index (χ0v) is 11.6. The normalized spacial score (nSPS) is 11.6. The minimum absolute atomic E-state index is 0.752. The van der Waals surface area contributed by atoms with Crippen molar-refractivity contribution in [1.82, 2.24) is 10.2 Å². The van der Waals surface area contributed by atoms with E-state index in [0.717, 1.165) is 45.2 Å². The second kappa shape index (κ2) is 11.4. The van der Waals surface area contributed by atoms with Crippen molar-refractivity contribution >= 4 is 0 Å². The quantitative estimate of drug-likeness (QED) is 0.549. The van der Waals surface area contributed by atoms with Crippen LogP contribution in [0.5, 0.6) is 0 Å². The van der Waals surface area contributed by atoms with Crippen LogP contribution in [0.2, 0.25) is 0 Å². The van der Waals surface area contributed by atoms with Crippen LogP contribution in [0.25, 0.3) is 0 Å². The average molecular weight is 230 g/mol. The first-order valence-electron chi connectivity index (χ1n) is 6.56. The third kappa shape index (κ3) is 13.9. The van der Waals surface area contributed by atoms with Crippen LogP contribution in [-0.2, 0) is 4.74 Å². The van der Waals surface area contributed by atoms with Crippen molar-refractivity contribution in [3.63, 3.8) is 0 Å². The molecular weight excluding hydrogens is 200 g/mol. The van der Waals surface area contributed by atoms with E-state index in [-0.39, 0.29) is 0 Å². The van der Waals surface area contributed by atoms with Gasteiger partial charge in [-0.2, -0.15) is 0 Å². The molecule has 0 radical (unpaired) electrons. The van der Waals surface area contributed by atoms with Crippen LogP contribution in [-0.4, -0.2) is 51.8 Å². The van der Waals surface area contributed by atoms with Gasteiger partial charge in [-0.1, -0.05) is 13.8 Å². The number of ether oxygens (including phenoxy) is 1. The van der Waals surface area contributed by atoms with Crippen LogP contribution in [0.3, 0.4) is 0 Å². The fourth-order valence-corrected chi connectivity index (χ4v) is 1.43. The van der Waals surface area contributed by atoms with E-state index < -0.39 is 0 Å². The molecule has 0 spiro atoms. The molecule has 0 aromatic heterocycles. The molecule has 0 aromatic carbocycles. The number of rotatable bonds is 11. The van der Waals surface area contributed by atoms with Gasteiger partial charge in [0.2, 0.25) is 0 Å². The summed E-state index contributed by atoms with van der Waals surface area (Å²) in [6, 6.07) is 0. The molecule has 0 heterocycles. The minimum Gasteiger partial charge on any atom is -0.381 e. The van der Waals surface area contributed by atoms with Gasteiger partial charge in [0.15, 0.2) is 0 Å². The molecule has 16 heavy (non-hydrogen) atoms. The number of nitrogens with one attached hydrogen (secondary N) is 1. The van der Waals surface area contributed by atoms with Gasteiger partial charge in [-0.15, -0.1) is 0 Å². The Balaban J connectivity index is 2.93. The number of nitrogens with zero attached hydrogens (tertiary/aromatic N) is 1. The summed E-state index contributed by atoms with van der Waals surface area (Å²) in [5, 5.41) is 3.44. The van der Waals surface area contributed by atoms with Crippen molar-refractivity contribution in [2.24, 2.45) is 5.92 Å². The Morgan fingerprint density at radius 2 is 1.75 bits per heavy atom. The standard InChI is InChI=1S/C13H30N2O/c1-13(2)12-14-8-5-6-10-16-11-7-9-15(3)4/h13-14H,5-12H2,1-4H3. The lowest BCUT2D eigenvalue weighted by atomic mass is 10.2. The first kappa shape index (κ1) is 15.9. The maximum atomic E-state index is 5.56. The zero-order chi connectivity index (χ0) is 12.2. The Morgan fingerprint density at radius 3 is 2.38 bits per heavy atom. The van der Waals surface area contributed by atoms with E-state index in [4.69, 9.17) is 4.74 Å². The highest BCUT2D eigenvalue weighted by atomic mass is 16.5. The fraction of sp³-hybridized carbons (Fsp3) is 1.00. The van der Waals surface area contributed by atoms with E-state index in [0.29, 0.717) is 0 Å². The molecule has 0 unspecified atom stereocenters. The van der Waals surface area contributed by atoms with E-state index in [1.165, 1.54) is 12.8 Å². The summed E-state index contributed by atoms with van der Waals surface area (Å²) >= 11 is 0. The predicted octanol–water partition coefficient (Wildman–Crippen LogP) is 1.98. The first-order chi connectivity index (χ1) is 7.63. The molecule has 0 rings (SSSR count). The SMILES string of the molecule is CC(C)CNCCCCOCCCN(C)C. The maximum absolute atomic E-state index is 5.56. The Kier molecular flexibility index (Phi) is 11.3. The van der Waals surface area contributed by atoms with Gasteiger partial charge in [0, 0.05) is 13.2 Å². The highest BCUT2D eigenvalue weighted by Crippen LogP contribution is 1.92. The lowest BCUT2D eigenvalue weighted by Crippen LogP contribution is -2.21. The van der Waals surface area contributed by atoms with E-state index in [9.17, 15) is 0 Å². The molecule has 98 valence electrons. The molecule has 0 atom stereocenters. The van der Waals surface area contributed by atoms with Gasteiger partial charge in [0.05, 0.1) is 0 Å². The van der Waals surface area contributed by atoms with E-state index in [1.807, 2.05) is 0 Å². The summed E-state index contributed by atoms with van der Waals surface area (Å²) in [5.74, 6) is 0.752. The zero-order valence-electron chi connectivity index (χ0n) is 11.6. The highest BCUT2D eigenvalue weighted by molar-refractivity contribution is 4.51. The molecule has 0 saturated heterocycles. The van der Waals surface area contributed by atoms with Gasteiger partial charge in [-0.3, -0.25) is 0 Å². The van der Waals surface area contributed by atoms with Crippen molar-refractivity contribution in [3.8, 4) is 0 Å². The molecule has 1 N–H and O–H groups in total. The van der Waals surface area contributed by atoms with Gasteiger partial charge in [-0.05, 0) is 58.9 Å². The maximum Gasteiger partial charge on any atom is 0.0478 e. The van der Waals surface area contributed by atoms with Gasteiger partial charge < -0.3 is 15.0 Å². The molecule has 3 heteroatoms. The van der Waals surface area contributed by atoms with Crippen LogP contribution in [0.15, 0.2) is 0 Å². The van der Waals surface area contributed by atoms with Crippen LogP contribution in [0.4, 0.5) is 0 Å². The van der Waals surface area contributed by atoms with Crippen molar-refractivity contribution in [3.05, 3.63) is 0 Å². The molecule has 0 aliphatic carbocycles. The van der Waals surface area contributed by atoms with Crippen LogP contribution < -0.4 is 5.32 Å². The number of unbranched alkanes of at least 4 members (excludes halogenated alkanes) is 1. The van der Waals surface area contributed by atoms with Crippen molar-refractivity contribution < 1.29 is 4.74 Å². The summed E-state index contributed by atoms with van der Waals surface area (Å²) in [6.07, 6.45) is 3.53. The predicted molar refractivity (Wildman–Crippen MR) is 70.9 cm³/mol. The van der Waals surface area contributed by atoms with Gasteiger partial charge in [0.1, 0.15) is 0 Å². The van der Waals surface area contributed by atoms with Crippen molar-refractivity contribution in [2.45, 2.75) is 33.1 Å². The van der Waals surface area contributed by atoms with E-state index >= 15 is 0 Å². The molecule has 0 bridgehead atoms. The van der Waals surface area contributed by atoms with E-state index in [1.54, 1.807) is 0 Å². The first-order valence-corrected chi connectivity index (χ1v) is 6.56. The third-order valence-corrected chi connectivity index (χ3v) is 2.34. The van der Waals surface area contributed by atoms with Gasteiger partial charge in [-0.25, -0.2) is 0 Å². The Labute approximate surface area is 102 Å². The number of hydrogen-bond donors (Lipinski definition) is 1. The Bertz CT molecular complexity index is 122. The summed E-state index contributed by atoms with van der Waals surface area (Å²) in [6.45, 7) is 9.66. The third-order valence-electron chi connectivity index (χ3n) is 2.34. The molecule has 0 aliphatic rings. The second-order valence-electron chi connectivity index (χ2n) is 5.07. The van der Waals surface area contributed by atoms with Crippen LogP contribution in [0, 0.1) is 5.92 Å². The lowest BCUT2D eigenvalue weighted by Gasteiger charge is -2.09. The summed E-state index contributed by atoms with van der Waals surface area (Å²) in [7, 11) is 4.20. The van der Waals surface area contributed by atoms with Crippen molar-refractivity contribution in [2.75, 3.05) is 46.9 Å². The molecule has 0 saturated carbocycles. The van der Waals surface area contributed by atoms with Crippen LogP contribution in [0.1, 0.15) is 33.1 Å². The topological polar surface area (TPSA) is 24.5 Å². The smallest absolute Gasteiger partial charge is 0.0478 e. The van der Waals surface area contributed by atoms with Gasteiger partial charge in [0.25, 0.3) is 0 Å². The fourth-order valence-electron chi connectivity index (χ4n) is 1.43.